The molecule has 0 unspecified atom stereocenters. The van der Waals surface area contributed by atoms with E-state index in [-0.39, 0.29) is 18.1 Å². The summed E-state index contributed by atoms with van der Waals surface area (Å²) in [6.45, 7) is 2.07. The van der Waals surface area contributed by atoms with Crippen LogP contribution in [-0.2, 0) is 9.59 Å². The van der Waals surface area contributed by atoms with E-state index in [4.69, 9.17) is 5.11 Å². The van der Waals surface area contributed by atoms with Crippen molar-refractivity contribution in [2.24, 2.45) is 5.92 Å². The predicted octanol–water partition coefficient (Wildman–Crippen LogP) is 4.45. The van der Waals surface area contributed by atoms with Gasteiger partial charge in [-0.15, -0.1) is 0 Å². The fraction of sp³-hybridized carbons (Fsp3) is 0.556. The normalized spacial score (nSPS) is 20.0. The molecule has 1 atom stereocenters. The molecule has 0 saturated heterocycles. The molecule has 0 aromatic heterocycles. The van der Waals surface area contributed by atoms with E-state index in [1.807, 2.05) is 18.2 Å². The highest BCUT2D eigenvalue weighted by Gasteiger charge is 2.21. The van der Waals surface area contributed by atoms with Gasteiger partial charge in [0.25, 0.3) is 0 Å². The van der Waals surface area contributed by atoms with Gasteiger partial charge in [-0.25, -0.2) is 0 Å². The first-order chi connectivity index (χ1) is 10.1. The molecule has 1 rings (SSSR count). The Bertz CT molecular complexity index is 430. The molecule has 0 heterocycles. The molecule has 3 nitrogen and oxygen atoms in total. The zero-order chi connectivity index (χ0) is 15.5. The van der Waals surface area contributed by atoms with Gasteiger partial charge in [0, 0.05) is 17.9 Å². The lowest BCUT2D eigenvalue weighted by molar-refractivity contribution is -0.137. The second kappa shape index (κ2) is 10.1. The van der Waals surface area contributed by atoms with Crippen molar-refractivity contribution in [3.63, 3.8) is 0 Å². The Morgan fingerprint density at radius 2 is 1.95 bits per heavy atom. The van der Waals surface area contributed by atoms with Crippen LogP contribution in [0.1, 0.15) is 58.3 Å². The maximum atomic E-state index is 11.8. The second-order valence-electron chi connectivity index (χ2n) is 5.49. The highest BCUT2D eigenvalue weighted by molar-refractivity contribution is 6.07. The number of carbonyl (C=O) groups is 2. The molecule has 0 aliphatic heterocycles. The zero-order valence-electron chi connectivity index (χ0n) is 12.9. The Kier molecular flexibility index (Phi) is 8.41. The molecular weight excluding hydrogens is 264 g/mol. The van der Waals surface area contributed by atoms with Crippen LogP contribution in [0.25, 0.3) is 0 Å². The summed E-state index contributed by atoms with van der Waals surface area (Å²) in [5, 5.41) is 8.55. The van der Waals surface area contributed by atoms with Crippen molar-refractivity contribution in [2.45, 2.75) is 58.3 Å². The Morgan fingerprint density at radius 3 is 2.67 bits per heavy atom. The van der Waals surface area contributed by atoms with Gasteiger partial charge in [0.1, 0.15) is 0 Å². The first-order valence-electron chi connectivity index (χ1n) is 7.96. The largest absolute Gasteiger partial charge is 0.481 e. The maximum absolute atomic E-state index is 11.8. The summed E-state index contributed by atoms with van der Waals surface area (Å²) in [5.74, 6) is -0.306. The minimum Gasteiger partial charge on any atom is -0.481 e. The van der Waals surface area contributed by atoms with Crippen molar-refractivity contribution in [3.05, 3.63) is 36.0 Å². The van der Waals surface area contributed by atoms with E-state index in [2.05, 4.69) is 13.0 Å². The summed E-state index contributed by atoms with van der Waals surface area (Å²) < 4.78 is 0. The Hall–Kier alpha value is -1.64. The van der Waals surface area contributed by atoms with Crippen molar-refractivity contribution in [1.82, 2.24) is 0 Å². The van der Waals surface area contributed by atoms with Crippen molar-refractivity contribution in [1.29, 1.82) is 0 Å². The van der Waals surface area contributed by atoms with Gasteiger partial charge >= 0.3 is 5.97 Å². The molecule has 0 radical (unpaired) electrons. The molecule has 3 heteroatoms. The molecule has 116 valence electrons. The molecule has 1 aliphatic rings. The van der Waals surface area contributed by atoms with Gasteiger partial charge in [0.2, 0.25) is 0 Å². The number of ketones is 1. The van der Waals surface area contributed by atoms with E-state index < -0.39 is 5.97 Å². The van der Waals surface area contributed by atoms with Crippen LogP contribution in [0.15, 0.2) is 36.0 Å². The quantitative estimate of drug-likeness (QED) is 0.477. The lowest BCUT2D eigenvalue weighted by atomic mass is 9.94. The van der Waals surface area contributed by atoms with Crippen molar-refractivity contribution in [2.75, 3.05) is 0 Å². The number of hydrogen-bond acceptors (Lipinski definition) is 2. The number of carboxylic acid groups (broad SMARTS) is 1. The number of carbonyl (C=O) groups excluding carboxylic acids is 1. The summed E-state index contributed by atoms with van der Waals surface area (Å²) in [6.07, 6.45) is 16.9. The molecule has 0 aromatic carbocycles. The molecule has 0 amide bonds. The average Bonchev–Trinajstić information content (AvgIpc) is 2.79. The van der Waals surface area contributed by atoms with Crippen LogP contribution in [0.5, 0.6) is 0 Å². The molecule has 0 spiro atoms. The fourth-order valence-corrected chi connectivity index (χ4v) is 2.52. The Balaban J connectivity index is 2.23. The van der Waals surface area contributed by atoms with Crippen LogP contribution < -0.4 is 0 Å². The van der Waals surface area contributed by atoms with Crippen LogP contribution in [0.2, 0.25) is 0 Å². The summed E-state index contributed by atoms with van der Waals surface area (Å²) >= 11 is 0. The summed E-state index contributed by atoms with van der Waals surface area (Å²) in [5.41, 5.74) is 0.908. The number of aliphatic carboxylic acids is 1. The van der Waals surface area contributed by atoms with Crippen molar-refractivity contribution in [3.8, 4) is 0 Å². The topological polar surface area (TPSA) is 54.4 Å². The zero-order valence-corrected chi connectivity index (χ0v) is 12.9. The minimum atomic E-state index is -0.709. The summed E-state index contributed by atoms with van der Waals surface area (Å²) in [4.78, 5) is 22.2. The van der Waals surface area contributed by atoms with Crippen LogP contribution in [0, 0.1) is 5.92 Å². The van der Waals surface area contributed by atoms with Crippen LogP contribution in [-0.4, -0.2) is 16.9 Å². The minimum absolute atomic E-state index is 0.141. The number of allylic oxidation sites excluding steroid dienone is 6. The van der Waals surface area contributed by atoms with Crippen molar-refractivity contribution < 1.29 is 14.7 Å². The van der Waals surface area contributed by atoms with E-state index in [9.17, 15) is 9.59 Å². The van der Waals surface area contributed by atoms with Gasteiger partial charge < -0.3 is 5.11 Å². The first kappa shape index (κ1) is 17.4. The number of unbranched alkanes of at least 4 members (excludes halogenated alkanes) is 4. The molecule has 1 aliphatic carbocycles. The third-order valence-corrected chi connectivity index (χ3v) is 3.72. The summed E-state index contributed by atoms with van der Waals surface area (Å²) in [7, 11) is 0. The van der Waals surface area contributed by atoms with Gasteiger partial charge in [-0.05, 0) is 25.3 Å². The molecule has 0 saturated carbocycles. The summed E-state index contributed by atoms with van der Waals surface area (Å²) in [6, 6.07) is 0. The monoisotopic (exact) mass is 290 g/mol. The standard InChI is InChI=1S/C18H26O3/c1-2-3-7-11-16-15(13-14-17(16)19)10-8-5-4-6-9-12-18(20)21/h3,7,11,13-15H,2,4-6,8-10,12H2,1H3,(H,20,21)/b7-3-,16-11-/t15-/m1/s1. The predicted molar refractivity (Wildman–Crippen MR) is 85.1 cm³/mol. The van der Waals surface area contributed by atoms with E-state index in [1.165, 1.54) is 0 Å². The van der Waals surface area contributed by atoms with Gasteiger partial charge in [-0.1, -0.05) is 56.9 Å². The van der Waals surface area contributed by atoms with Gasteiger partial charge in [-0.2, -0.15) is 0 Å². The van der Waals surface area contributed by atoms with Gasteiger partial charge in [0.05, 0.1) is 0 Å². The van der Waals surface area contributed by atoms with E-state index in [1.54, 1.807) is 6.08 Å². The first-order valence-corrected chi connectivity index (χ1v) is 7.96. The number of rotatable bonds is 10. The molecule has 0 fully saturated rings. The molecule has 0 bridgehead atoms. The average molecular weight is 290 g/mol. The Morgan fingerprint density at radius 1 is 1.24 bits per heavy atom. The third-order valence-electron chi connectivity index (χ3n) is 3.72. The lowest BCUT2D eigenvalue weighted by Gasteiger charge is -2.09. The Labute approximate surface area is 127 Å². The number of hydrogen-bond donors (Lipinski definition) is 1. The van der Waals surface area contributed by atoms with Crippen LogP contribution in [0.3, 0.4) is 0 Å². The van der Waals surface area contributed by atoms with Gasteiger partial charge in [0.15, 0.2) is 5.78 Å². The molecule has 21 heavy (non-hydrogen) atoms. The van der Waals surface area contributed by atoms with E-state index >= 15 is 0 Å². The van der Waals surface area contributed by atoms with Crippen molar-refractivity contribution >= 4 is 11.8 Å². The van der Waals surface area contributed by atoms with Crippen LogP contribution >= 0.6 is 0 Å². The third kappa shape index (κ3) is 7.07. The highest BCUT2D eigenvalue weighted by atomic mass is 16.4. The molecule has 0 aromatic rings. The molecule has 1 N–H and O–H groups in total. The van der Waals surface area contributed by atoms with Gasteiger partial charge in [-0.3, -0.25) is 9.59 Å². The van der Waals surface area contributed by atoms with Crippen LogP contribution in [0.4, 0.5) is 0 Å². The number of carboxylic acids is 1. The maximum Gasteiger partial charge on any atom is 0.303 e. The molecular formula is C18H26O3. The highest BCUT2D eigenvalue weighted by Crippen LogP contribution is 2.27. The second-order valence-corrected chi connectivity index (χ2v) is 5.49. The smallest absolute Gasteiger partial charge is 0.303 e. The lowest BCUT2D eigenvalue weighted by Crippen LogP contribution is -2.02. The van der Waals surface area contributed by atoms with E-state index in [0.29, 0.717) is 0 Å². The fourth-order valence-electron chi connectivity index (χ4n) is 2.52. The van der Waals surface area contributed by atoms with E-state index in [0.717, 1.165) is 50.5 Å². The SMILES string of the molecule is CC/C=C\C=C1/C(=O)C=C[C@H]1CCCCCCCC(=O)O.